The maximum Gasteiger partial charge on any atom is 0.234 e. The highest BCUT2D eigenvalue weighted by Gasteiger charge is 2.25. The summed E-state index contributed by atoms with van der Waals surface area (Å²) < 4.78 is 0. The molecule has 1 unspecified atom stereocenters. The summed E-state index contributed by atoms with van der Waals surface area (Å²) in [4.78, 5) is 25.6. The minimum Gasteiger partial charge on any atom is -0.350 e. The Balaban J connectivity index is 2.59. The van der Waals surface area contributed by atoms with Gasteiger partial charge in [0.25, 0.3) is 0 Å². The number of hydrogen-bond acceptors (Lipinski definition) is 3. The first-order valence-electron chi connectivity index (χ1n) is 7.32. The fourth-order valence-corrected chi connectivity index (χ4v) is 2.65. The van der Waals surface area contributed by atoms with E-state index in [0.29, 0.717) is 13.0 Å². The molecule has 1 N–H and O–H groups in total. The zero-order valence-corrected chi connectivity index (χ0v) is 12.8. The molecular formula is C15H28N2O2. The van der Waals surface area contributed by atoms with Crippen molar-refractivity contribution in [2.24, 2.45) is 0 Å². The average molecular weight is 268 g/mol. The van der Waals surface area contributed by atoms with Crippen LogP contribution in [0.4, 0.5) is 0 Å². The van der Waals surface area contributed by atoms with E-state index in [0.717, 1.165) is 25.8 Å². The third-order valence-electron chi connectivity index (χ3n) is 3.38. The Kier molecular flexibility index (Phi) is 5.98. The number of carbonyl (C=O) groups excluding carboxylic acids is 2. The number of rotatable bonds is 4. The van der Waals surface area contributed by atoms with Crippen LogP contribution in [-0.2, 0) is 9.59 Å². The summed E-state index contributed by atoms with van der Waals surface area (Å²) >= 11 is 0. The van der Waals surface area contributed by atoms with Gasteiger partial charge in [-0.2, -0.15) is 0 Å². The average Bonchev–Trinajstić information content (AvgIpc) is 2.41. The largest absolute Gasteiger partial charge is 0.350 e. The predicted octanol–water partition coefficient (Wildman–Crippen LogP) is 2.12. The molecule has 19 heavy (non-hydrogen) atoms. The molecule has 1 heterocycles. The number of nitrogens with zero attached hydrogens (tertiary/aromatic N) is 1. The minimum absolute atomic E-state index is 0.0583. The van der Waals surface area contributed by atoms with Crippen LogP contribution >= 0.6 is 0 Å². The van der Waals surface area contributed by atoms with E-state index in [1.165, 1.54) is 6.42 Å². The van der Waals surface area contributed by atoms with Crippen molar-refractivity contribution in [3.8, 4) is 0 Å². The van der Waals surface area contributed by atoms with Crippen molar-refractivity contribution < 1.29 is 9.59 Å². The number of likely N-dealkylation sites (tertiary alicyclic amines) is 1. The molecule has 1 saturated heterocycles. The van der Waals surface area contributed by atoms with E-state index in [2.05, 4.69) is 10.2 Å². The fourth-order valence-electron chi connectivity index (χ4n) is 2.65. The summed E-state index contributed by atoms with van der Waals surface area (Å²) in [5.74, 6) is 0.274. The summed E-state index contributed by atoms with van der Waals surface area (Å²) in [6, 6.07) is 0.241. The monoisotopic (exact) mass is 268 g/mol. The van der Waals surface area contributed by atoms with Crippen LogP contribution in [0.1, 0.15) is 59.8 Å². The van der Waals surface area contributed by atoms with Gasteiger partial charge in [0.15, 0.2) is 0 Å². The van der Waals surface area contributed by atoms with E-state index in [9.17, 15) is 9.59 Å². The van der Waals surface area contributed by atoms with Crippen LogP contribution in [0, 0.1) is 0 Å². The second-order valence-corrected chi connectivity index (χ2v) is 6.68. The first-order chi connectivity index (χ1) is 8.78. The molecule has 0 spiro atoms. The Labute approximate surface area is 116 Å². The molecule has 0 saturated carbocycles. The van der Waals surface area contributed by atoms with Crippen LogP contribution in [-0.4, -0.2) is 41.3 Å². The Hall–Kier alpha value is -0.900. The molecule has 1 rings (SSSR count). The Bertz CT molecular complexity index is 321. The molecular weight excluding hydrogens is 240 g/mol. The van der Waals surface area contributed by atoms with E-state index in [-0.39, 0.29) is 23.3 Å². The molecule has 0 aliphatic carbocycles. The van der Waals surface area contributed by atoms with Gasteiger partial charge in [-0.1, -0.05) is 12.8 Å². The van der Waals surface area contributed by atoms with Gasteiger partial charge in [-0.05, 0) is 47.1 Å². The molecule has 1 aliphatic rings. The van der Waals surface area contributed by atoms with Gasteiger partial charge in [0.05, 0.1) is 6.54 Å². The molecule has 1 fully saturated rings. The van der Waals surface area contributed by atoms with Crippen molar-refractivity contribution in [2.75, 3.05) is 13.1 Å². The van der Waals surface area contributed by atoms with Gasteiger partial charge in [-0.3, -0.25) is 14.5 Å². The maximum atomic E-state index is 12.0. The lowest BCUT2D eigenvalue weighted by atomic mass is 10.0. The summed E-state index contributed by atoms with van der Waals surface area (Å²) in [6.45, 7) is 8.93. The topological polar surface area (TPSA) is 49.4 Å². The SMILES string of the molecule is CC(=O)CC1CCCCCN1CC(=O)NC(C)(C)C. The van der Waals surface area contributed by atoms with Gasteiger partial charge < -0.3 is 5.32 Å². The molecule has 4 heteroatoms. The first kappa shape index (κ1) is 16.2. The lowest BCUT2D eigenvalue weighted by Crippen LogP contribution is -2.48. The number of nitrogens with one attached hydrogen (secondary N) is 1. The number of ketones is 1. The summed E-state index contributed by atoms with van der Waals surface area (Å²) in [5, 5.41) is 3.00. The smallest absolute Gasteiger partial charge is 0.234 e. The zero-order valence-electron chi connectivity index (χ0n) is 12.8. The Morgan fingerprint density at radius 2 is 1.89 bits per heavy atom. The van der Waals surface area contributed by atoms with Crippen LogP contribution in [0.5, 0.6) is 0 Å². The van der Waals surface area contributed by atoms with Gasteiger partial charge in [0.1, 0.15) is 5.78 Å². The van der Waals surface area contributed by atoms with Crippen molar-refractivity contribution in [3.63, 3.8) is 0 Å². The normalized spacial score (nSPS) is 21.8. The van der Waals surface area contributed by atoms with E-state index >= 15 is 0 Å². The zero-order chi connectivity index (χ0) is 14.5. The third kappa shape index (κ3) is 6.71. The van der Waals surface area contributed by atoms with E-state index in [1.54, 1.807) is 6.92 Å². The Morgan fingerprint density at radius 1 is 1.21 bits per heavy atom. The fraction of sp³-hybridized carbons (Fsp3) is 0.867. The molecule has 1 aliphatic heterocycles. The maximum absolute atomic E-state index is 12.0. The molecule has 0 bridgehead atoms. The van der Waals surface area contributed by atoms with E-state index in [4.69, 9.17) is 0 Å². The van der Waals surface area contributed by atoms with Crippen LogP contribution in [0.15, 0.2) is 0 Å². The quantitative estimate of drug-likeness (QED) is 0.849. The summed E-state index contributed by atoms with van der Waals surface area (Å²) in [6.07, 6.45) is 5.09. The lowest BCUT2D eigenvalue weighted by molar-refractivity contribution is -0.125. The number of hydrogen-bond donors (Lipinski definition) is 1. The van der Waals surface area contributed by atoms with Gasteiger partial charge in [0, 0.05) is 18.0 Å². The van der Waals surface area contributed by atoms with Crippen LogP contribution in [0.2, 0.25) is 0 Å². The molecule has 0 radical (unpaired) electrons. The summed E-state index contributed by atoms with van der Waals surface area (Å²) in [5.41, 5.74) is -0.195. The molecule has 1 amide bonds. The number of amides is 1. The van der Waals surface area contributed by atoms with Crippen LogP contribution in [0.3, 0.4) is 0 Å². The van der Waals surface area contributed by atoms with Crippen molar-refractivity contribution in [1.82, 2.24) is 10.2 Å². The van der Waals surface area contributed by atoms with E-state index in [1.807, 2.05) is 20.8 Å². The minimum atomic E-state index is -0.195. The van der Waals surface area contributed by atoms with Gasteiger partial charge in [-0.25, -0.2) is 0 Å². The highest BCUT2D eigenvalue weighted by Crippen LogP contribution is 2.19. The second kappa shape index (κ2) is 7.04. The van der Waals surface area contributed by atoms with Crippen LogP contribution < -0.4 is 5.32 Å². The first-order valence-corrected chi connectivity index (χ1v) is 7.32. The summed E-state index contributed by atoms with van der Waals surface area (Å²) in [7, 11) is 0. The van der Waals surface area contributed by atoms with Gasteiger partial charge in [0.2, 0.25) is 5.91 Å². The highest BCUT2D eigenvalue weighted by molar-refractivity contribution is 5.79. The molecule has 0 aromatic heterocycles. The Morgan fingerprint density at radius 3 is 2.47 bits per heavy atom. The third-order valence-corrected chi connectivity index (χ3v) is 3.38. The standard InChI is InChI=1S/C15H28N2O2/c1-12(18)10-13-8-6-5-7-9-17(13)11-14(19)16-15(2,3)4/h13H,5-11H2,1-4H3,(H,16,19). The number of carbonyl (C=O) groups is 2. The van der Waals surface area contributed by atoms with Crippen molar-refractivity contribution in [3.05, 3.63) is 0 Å². The van der Waals surface area contributed by atoms with Crippen molar-refractivity contribution in [1.29, 1.82) is 0 Å². The van der Waals surface area contributed by atoms with Crippen molar-refractivity contribution in [2.45, 2.75) is 71.4 Å². The lowest BCUT2D eigenvalue weighted by Gasteiger charge is -2.30. The second-order valence-electron chi connectivity index (χ2n) is 6.68. The molecule has 4 nitrogen and oxygen atoms in total. The van der Waals surface area contributed by atoms with Crippen LogP contribution in [0.25, 0.3) is 0 Å². The molecule has 0 aromatic rings. The molecule has 0 aromatic carbocycles. The van der Waals surface area contributed by atoms with Crippen molar-refractivity contribution >= 4 is 11.7 Å². The predicted molar refractivity (Wildman–Crippen MR) is 77.0 cm³/mol. The van der Waals surface area contributed by atoms with Gasteiger partial charge in [-0.15, -0.1) is 0 Å². The van der Waals surface area contributed by atoms with E-state index < -0.39 is 0 Å². The van der Waals surface area contributed by atoms with Gasteiger partial charge >= 0.3 is 0 Å². The highest BCUT2D eigenvalue weighted by atomic mass is 16.2. The number of Topliss-reactive ketones (excluding diaryl/α,β-unsaturated/α-hetero) is 1. The molecule has 1 atom stereocenters. The molecule has 110 valence electrons.